The van der Waals surface area contributed by atoms with Crippen LogP contribution in [0, 0.1) is 23.7 Å². The Morgan fingerprint density at radius 3 is 2.12 bits per heavy atom. The summed E-state index contributed by atoms with van der Waals surface area (Å²) in [6.45, 7) is 4.43. The number of aromatic amines is 2. The molecule has 6 nitrogen and oxygen atoms in total. The summed E-state index contributed by atoms with van der Waals surface area (Å²) in [5, 5.41) is 0. The highest BCUT2D eigenvalue weighted by atomic mass is 16.5. The average molecular weight is 675 g/mol. The summed E-state index contributed by atoms with van der Waals surface area (Å²) in [6.07, 6.45) is 2.79. The van der Waals surface area contributed by atoms with Crippen LogP contribution in [0.4, 0.5) is 0 Å². The van der Waals surface area contributed by atoms with Crippen LogP contribution in [0.15, 0.2) is 121 Å². The Morgan fingerprint density at radius 1 is 0.712 bits per heavy atom. The molecule has 2 aliphatic heterocycles. The Balaban J connectivity index is 1.41. The third-order valence-electron chi connectivity index (χ3n) is 9.20. The maximum atomic E-state index is 12.3. The van der Waals surface area contributed by atoms with Crippen molar-refractivity contribution in [1.29, 1.82) is 0 Å². The van der Waals surface area contributed by atoms with Crippen molar-refractivity contribution in [2.24, 2.45) is 0 Å². The van der Waals surface area contributed by atoms with E-state index in [-0.39, 0.29) is 5.41 Å². The molecule has 3 aromatic carbocycles. The lowest BCUT2D eigenvalue weighted by Gasteiger charge is -2.15. The molecule has 52 heavy (non-hydrogen) atoms. The summed E-state index contributed by atoms with van der Waals surface area (Å²) in [7, 11) is 1.38. The van der Waals surface area contributed by atoms with Crippen molar-refractivity contribution in [3.05, 3.63) is 166 Å². The average Bonchev–Trinajstić information content (AvgIpc) is 3.94. The van der Waals surface area contributed by atoms with Gasteiger partial charge in [-0.1, -0.05) is 86.1 Å². The molecule has 0 radical (unpaired) electrons. The highest BCUT2D eigenvalue weighted by molar-refractivity contribution is 5.99. The van der Waals surface area contributed by atoms with Gasteiger partial charge in [0, 0.05) is 56.5 Å². The second kappa shape index (κ2) is 13.4. The molecule has 0 fully saturated rings. The Morgan fingerprint density at radius 2 is 1.40 bits per heavy atom. The lowest BCUT2D eigenvalue weighted by atomic mass is 9.87. The second-order valence-corrected chi connectivity index (χ2v) is 13.5. The number of H-pyrrole nitrogens is 2. The van der Waals surface area contributed by atoms with Gasteiger partial charge in [0.25, 0.3) is 0 Å². The smallest absolute Gasteiger partial charge is 0.337 e. The van der Waals surface area contributed by atoms with Gasteiger partial charge in [-0.05, 0) is 84.4 Å². The van der Waals surface area contributed by atoms with Crippen LogP contribution in [0.3, 0.4) is 0 Å². The molecule has 250 valence electrons. The molecular weight excluding hydrogens is 641 g/mol. The standard InChI is InChI=1S/C46H34N4O2/c1-46(2)29-38-27-41-35(17-15-31-12-8-5-9-13-31)25-42(50-41)44(32-18-20-33(21-19-32)45(51)52-3)39-23-22-36(47-39)26-40-34(16-14-30-10-6-4-7-11-30)24-37(48-40)28-43(46)49-38/h4-13,18-28,47-48H,29H2,1-3H3. The monoisotopic (exact) mass is 674 g/mol. The molecule has 0 aliphatic carbocycles. The molecule has 0 amide bonds. The molecular formula is C46H34N4O2. The van der Waals surface area contributed by atoms with Gasteiger partial charge >= 0.3 is 5.97 Å². The first-order valence-electron chi connectivity index (χ1n) is 17.1. The molecule has 0 atom stereocenters. The molecule has 5 heterocycles. The number of ether oxygens (including phenoxy) is 1. The minimum atomic E-state index is -0.390. The van der Waals surface area contributed by atoms with E-state index in [2.05, 4.69) is 77.8 Å². The number of aromatic nitrogens is 4. The minimum absolute atomic E-state index is 0.206. The third-order valence-corrected chi connectivity index (χ3v) is 9.20. The fourth-order valence-corrected chi connectivity index (χ4v) is 6.51. The number of carbonyl (C=O) groups is 1. The van der Waals surface area contributed by atoms with E-state index in [4.69, 9.17) is 14.7 Å². The summed E-state index contributed by atoms with van der Waals surface area (Å²) >= 11 is 0. The molecule has 0 spiro atoms. The van der Waals surface area contributed by atoms with Gasteiger partial charge in [0.1, 0.15) is 0 Å². The van der Waals surface area contributed by atoms with E-state index in [0.717, 1.165) is 84.7 Å². The molecule has 3 aromatic heterocycles. The van der Waals surface area contributed by atoms with Crippen molar-refractivity contribution < 1.29 is 9.53 Å². The van der Waals surface area contributed by atoms with E-state index in [0.29, 0.717) is 5.56 Å². The summed E-state index contributed by atoms with van der Waals surface area (Å²) in [5.74, 6) is 13.1. The van der Waals surface area contributed by atoms with Crippen LogP contribution in [0.5, 0.6) is 0 Å². The van der Waals surface area contributed by atoms with Crippen molar-refractivity contribution in [2.75, 3.05) is 7.11 Å². The first-order valence-corrected chi connectivity index (χ1v) is 17.1. The van der Waals surface area contributed by atoms with E-state index in [1.54, 1.807) is 12.1 Å². The van der Waals surface area contributed by atoms with Crippen LogP contribution < -0.4 is 0 Å². The number of nitrogens with zero attached hydrogens (tertiary/aromatic N) is 2. The highest BCUT2D eigenvalue weighted by Gasteiger charge is 2.29. The van der Waals surface area contributed by atoms with Crippen molar-refractivity contribution in [1.82, 2.24) is 19.9 Å². The van der Waals surface area contributed by atoms with Gasteiger partial charge in [-0.2, -0.15) is 0 Å². The van der Waals surface area contributed by atoms with Crippen LogP contribution >= 0.6 is 0 Å². The number of hydrogen-bond donors (Lipinski definition) is 2. The normalized spacial score (nSPS) is 12.9. The molecule has 0 unspecified atom stereocenters. The van der Waals surface area contributed by atoms with Crippen molar-refractivity contribution >= 4 is 39.7 Å². The Hall–Kier alpha value is -6.89. The predicted molar refractivity (Wildman–Crippen MR) is 208 cm³/mol. The largest absolute Gasteiger partial charge is 0.465 e. The highest BCUT2D eigenvalue weighted by Crippen LogP contribution is 2.35. The zero-order valence-electron chi connectivity index (χ0n) is 29.0. The van der Waals surface area contributed by atoms with Crippen molar-refractivity contribution in [3.63, 3.8) is 0 Å². The molecule has 8 rings (SSSR count). The number of nitrogens with one attached hydrogen (secondary N) is 2. The lowest BCUT2D eigenvalue weighted by Crippen LogP contribution is -2.14. The third kappa shape index (κ3) is 6.66. The fraction of sp³-hybridized carbons (Fsp3) is 0.109. The Kier molecular flexibility index (Phi) is 8.35. The maximum absolute atomic E-state index is 12.3. The van der Waals surface area contributed by atoms with E-state index in [1.165, 1.54) is 7.11 Å². The van der Waals surface area contributed by atoms with Gasteiger partial charge in [0.05, 0.1) is 40.7 Å². The quantitative estimate of drug-likeness (QED) is 0.142. The number of methoxy groups -OCH3 is 1. The van der Waals surface area contributed by atoms with Crippen LogP contribution in [0.2, 0.25) is 0 Å². The SMILES string of the molecule is COC(=O)c1ccc(-c2c3nc(cc4nc(cc5cc(C#Cc6ccccc6)c(cc6ccc2[nH]6)[nH]5)C(C)(C)C4)C(C#Cc2ccccc2)=C3)cc1. The molecule has 0 saturated heterocycles. The van der Waals surface area contributed by atoms with E-state index in [1.807, 2.05) is 84.9 Å². The van der Waals surface area contributed by atoms with Gasteiger partial charge in [0.15, 0.2) is 0 Å². The number of carbonyl (C=O) groups excluding carboxylic acids is 1. The second-order valence-electron chi connectivity index (χ2n) is 13.5. The summed E-state index contributed by atoms with van der Waals surface area (Å²) < 4.78 is 4.97. The van der Waals surface area contributed by atoms with Gasteiger partial charge < -0.3 is 14.7 Å². The first-order chi connectivity index (χ1) is 25.3. The molecule has 2 N–H and O–H groups in total. The van der Waals surface area contributed by atoms with Crippen molar-refractivity contribution in [2.45, 2.75) is 25.7 Å². The van der Waals surface area contributed by atoms with E-state index >= 15 is 0 Å². The number of benzene rings is 3. The molecule has 8 bridgehead atoms. The summed E-state index contributed by atoms with van der Waals surface area (Å²) in [5.41, 5.74) is 12.6. The zero-order valence-corrected chi connectivity index (χ0v) is 29.0. The first kappa shape index (κ1) is 32.3. The Bertz CT molecular complexity index is 2680. The maximum Gasteiger partial charge on any atom is 0.337 e. The summed E-state index contributed by atoms with van der Waals surface area (Å²) in [6, 6.07) is 39.8. The van der Waals surface area contributed by atoms with Gasteiger partial charge in [-0.15, -0.1) is 0 Å². The molecule has 2 aliphatic rings. The number of fused-ring (bicyclic) bond motifs is 8. The lowest BCUT2D eigenvalue weighted by molar-refractivity contribution is 0.0600. The number of hydrogen-bond acceptors (Lipinski definition) is 4. The van der Waals surface area contributed by atoms with Crippen LogP contribution in [0.25, 0.3) is 44.8 Å². The van der Waals surface area contributed by atoms with Gasteiger partial charge in [-0.3, -0.25) is 4.98 Å². The number of allylic oxidation sites excluding steroid dienone is 1. The minimum Gasteiger partial charge on any atom is -0.465 e. The summed E-state index contributed by atoms with van der Waals surface area (Å²) in [4.78, 5) is 29.9. The van der Waals surface area contributed by atoms with Crippen LogP contribution in [-0.2, 0) is 16.6 Å². The molecule has 0 saturated carbocycles. The fourth-order valence-electron chi connectivity index (χ4n) is 6.51. The topological polar surface area (TPSA) is 83.7 Å². The van der Waals surface area contributed by atoms with E-state index < -0.39 is 5.97 Å². The zero-order chi connectivity index (χ0) is 35.7. The molecule has 6 heteroatoms. The van der Waals surface area contributed by atoms with Crippen molar-refractivity contribution in [3.8, 4) is 34.8 Å². The van der Waals surface area contributed by atoms with Crippen LogP contribution in [-0.4, -0.2) is 33.0 Å². The van der Waals surface area contributed by atoms with Crippen LogP contribution in [0.1, 0.15) is 63.7 Å². The Labute approximate surface area is 302 Å². The van der Waals surface area contributed by atoms with Gasteiger partial charge in [-0.25, -0.2) is 9.78 Å². The predicted octanol–water partition coefficient (Wildman–Crippen LogP) is 9.28. The molecule has 6 aromatic rings. The number of esters is 1. The van der Waals surface area contributed by atoms with Gasteiger partial charge in [0.2, 0.25) is 0 Å². The van der Waals surface area contributed by atoms with E-state index in [9.17, 15) is 4.79 Å². The number of rotatable bonds is 2.